The first-order chi connectivity index (χ1) is 18.2. The molecule has 9 nitrogen and oxygen atoms in total. The van der Waals surface area contributed by atoms with E-state index in [1.807, 2.05) is 24.3 Å². The van der Waals surface area contributed by atoms with E-state index < -0.39 is 23.3 Å². The molecule has 38 heavy (non-hydrogen) atoms. The summed E-state index contributed by atoms with van der Waals surface area (Å²) in [5.74, 6) is -1.85. The molecule has 1 fully saturated rings. The highest BCUT2D eigenvalue weighted by Gasteiger charge is 2.41. The third kappa shape index (κ3) is 5.11. The van der Waals surface area contributed by atoms with Crippen LogP contribution in [-0.4, -0.2) is 66.6 Å². The van der Waals surface area contributed by atoms with Gasteiger partial charge in [0.1, 0.15) is 29.9 Å². The summed E-state index contributed by atoms with van der Waals surface area (Å²) in [6, 6.07) is 9.74. The molecule has 0 bridgehead atoms. The lowest BCUT2D eigenvalue weighted by atomic mass is 9.86. The number of aromatic nitrogens is 5. The van der Waals surface area contributed by atoms with Gasteiger partial charge in [-0.2, -0.15) is 10.2 Å². The molecular weight excluding hydrogens is 516 g/mol. The Morgan fingerprint density at radius 2 is 1.84 bits per heavy atom. The highest BCUT2D eigenvalue weighted by molar-refractivity contribution is 6.30. The minimum absolute atomic E-state index is 0.122. The summed E-state index contributed by atoms with van der Waals surface area (Å²) in [6.45, 7) is 3.86. The lowest BCUT2D eigenvalue weighted by Gasteiger charge is -2.36. The Morgan fingerprint density at radius 3 is 2.50 bits per heavy atom. The van der Waals surface area contributed by atoms with Crippen LogP contribution < -0.4 is 4.90 Å². The van der Waals surface area contributed by atoms with Crippen LogP contribution in [0.4, 0.5) is 14.5 Å². The van der Waals surface area contributed by atoms with E-state index in [0.29, 0.717) is 36.8 Å². The zero-order chi connectivity index (χ0) is 26.9. The van der Waals surface area contributed by atoms with Gasteiger partial charge in [-0.1, -0.05) is 17.7 Å². The van der Waals surface area contributed by atoms with Gasteiger partial charge in [-0.3, -0.25) is 9.48 Å². The average Bonchev–Trinajstić information content (AvgIpc) is 3.61. The Morgan fingerprint density at radius 1 is 1.11 bits per heavy atom. The molecule has 2 atom stereocenters. The Balaban J connectivity index is 1.34. The Bertz CT molecular complexity index is 1410. The van der Waals surface area contributed by atoms with E-state index in [9.17, 15) is 18.7 Å². The lowest BCUT2D eigenvalue weighted by Crippen LogP contribution is -2.48. The maximum absolute atomic E-state index is 14.9. The van der Waals surface area contributed by atoms with Gasteiger partial charge in [-0.05, 0) is 37.3 Å². The van der Waals surface area contributed by atoms with E-state index in [1.54, 1.807) is 11.8 Å². The van der Waals surface area contributed by atoms with Gasteiger partial charge in [0, 0.05) is 54.7 Å². The highest BCUT2D eigenvalue weighted by Crippen LogP contribution is 2.36. The van der Waals surface area contributed by atoms with Crippen LogP contribution in [0.3, 0.4) is 0 Å². The molecule has 2 aromatic heterocycles. The first kappa shape index (κ1) is 25.8. The van der Waals surface area contributed by atoms with E-state index >= 15 is 0 Å². The molecule has 0 aliphatic carbocycles. The van der Waals surface area contributed by atoms with Crippen LogP contribution in [-0.2, 0) is 12.1 Å². The number of anilines is 1. The fourth-order valence-corrected chi connectivity index (χ4v) is 4.85. The van der Waals surface area contributed by atoms with Crippen LogP contribution in [0, 0.1) is 11.6 Å². The molecule has 0 saturated carbocycles. The molecule has 2 aromatic carbocycles. The summed E-state index contributed by atoms with van der Waals surface area (Å²) < 4.78 is 31.2. The van der Waals surface area contributed by atoms with E-state index in [0.717, 1.165) is 17.8 Å². The van der Waals surface area contributed by atoms with Crippen LogP contribution in [0.15, 0.2) is 67.5 Å². The number of aliphatic hydroxyl groups is 1. The number of hydrogen-bond donors (Lipinski definition) is 1. The normalized spacial score (nSPS) is 16.3. The minimum atomic E-state index is -1.89. The molecule has 12 heteroatoms. The fourth-order valence-electron chi connectivity index (χ4n) is 4.73. The molecule has 1 saturated heterocycles. The van der Waals surface area contributed by atoms with Crippen molar-refractivity contribution in [1.29, 1.82) is 0 Å². The van der Waals surface area contributed by atoms with Gasteiger partial charge < -0.3 is 14.9 Å². The number of benzene rings is 2. The topological polar surface area (TPSA) is 92.3 Å². The van der Waals surface area contributed by atoms with Gasteiger partial charge in [0.2, 0.25) is 0 Å². The van der Waals surface area contributed by atoms with Crippen molar-refractivity contribution in [2.24, 2.45) is 0 Å². The number of piperazine rings is 1. The molecular formula is C26H26ClF2N7O2. The first-order valence-electron chi connectivity index (χ1n) is 12.1. The molecule has 5 rings (SSSR count). The van der Waals surface area contributed by atoms with E-state index in [4.69, 9.17) is 11.6 Å². The summed E-state index contributed by atoms with van der Waals surface area (Å²) in [5.41, 5.74) is -0.618. The van der Waals surface area contributed by atoms with Gasteiger partial charge >= 0.3 is 0 Å². The predicted molar refractivity (Wildman–Crippen MR) is 137 cm³/mol. The Kier molecular flexibility index (Phi) is 7.13. The Labute approximate surface area is 222 Å². The van der Waals surface area contributed by atoms with Crippen molar-refractivity contribution in [2.45, 2.75) is 25.1 Å². The summed E-state index contributed by atoms with van der Waals surface area (Å²) >= 11 is 5.98. The molecule has 3 heterocycles. The van der Waals surface area contributed by atoms with Crippen LogP contribution in [0.5, 0.6) is 0 Å². The third-order valence-corrected chi connectivity index (χ3v) is 7.21. The second-order valence-corrected chi connectivity index (χ2v) is 9.72. The molecule has 1 N–H and O–H groups in total. The van der Waals surface area contributed by atoms with Gasteiger partial charge in [-0.15, -0.1) is 0 Å². The third-order valence-electron chi connectivity index (χ3n) is 6.96. The number of carbonyl (C=O) groups is 1. The molecule has 1 aliphatic heterocycles. The standard InChI is InChI=1S/C26H26ClF2N7O2/c1-18(26(38,15-35-17-30-16-32-35)23-7-4-21(28)12-24(23)29)36-14-19(13-31-36)25(37)34-10-8-33(9-11-34)22-5-2-20(27)3-6-22/h2-7,12-14,16-18,38H,8-11,15H2,1H3/t18-,26-/m1/s1. The van der Waals surface area contributed by atoms with Crippen molar-refractivity contribution >= 4 is 23.2 Å². The van der Waals surface area contributed by atoms with Crippen LogP contribution in [0.25, 0.3) is 0 Å². The number of halogens is 3. The van der Waals surface area contributed by atoms with Crippen molar-refractivity contribution in [3.8, 4) is 0 Å². The SMILES string of the molecule is C[C@@H](n1cc(C(=O)N2CCN(c3ccc(Cl)cc3)CC2)cn1)[C@](O)(Cn1cncn1)c1ccc(F)cc1F. The second kappa shape index (κ2) is 10.5. The van der Waals surface area contributed by atoms with E-state index in [-0.39, 0.29) is 18.0 Å². The summed E-state index contributed by atoms with van der Waals surface area (Å²) in [6.07, 6.45) is 5.65. The maximum Gasteiger partial charge on any atom is 0.257 e. The maximum atomic E-state index is 14.9. The number of amides is 1. The number of carbonyl (C=O) groups excluding carboxylic acids is 1. The van der Waals surface area contributed by atoms with Crippen LogP contribution in [0.1, 0.15) is 28.9 Å². The minimum Gasteiger partial charge on any atom is -0.381 e. The Hall–Kier alpha value is -3.83. The van der Waals surface area contributed by atoms with Gasteiger partial charge in [-0.25, -0.2) is 18.4 Å². The largest absolute Gasteiger partial charge is 0.381 e. The fraction of sp³-hybridized carbons (Fsp3) is 0.308. The van der Waals surface area contributed by atoms with Crippen molar-refractivity contribution in [2.75, 3.05) is 31.1 Å². The second-order valence-electron chi connectivity index (χ2n) is 9.28. The smallest absolute Gasteiger partial charge is 0.257 e. The summed E-state index contributed by atoms with van der Waals surface area (Å²) in [5, 5.41) is 20.8. The average molecular weight is 542 g/mol. The van der Waals surface area contributed by atoms with Crippen LogP contribution in [0.2, 0.25) is 5.02 Å². The van der Waals surface area contributed by atoms with Gasteiger partial charge in [0.15, 0.2) is 0 Å². The zero-order valence-electron chi connectivity index (χ0n) is 20.6. The first-order valence-corrected chi connectivity index (χ1v) is 12.5. The molecule has 4 aromatic rings. The van der Waals surface area contributed by atoms with Crippen molar-refractivity contribution in [3.63, 3.8) is 0 Å². The number of hydrogen-bond acceptors (Lipinski definition) is 6. The molecule has 0 unspecified atom stereocenters. The zero-order valence-corrected chi connectivity index (χ0v) is 21.3. The highest BCUT2D eigenvalue weighted by atomic mass is 35.5. The monoisotopic (exact) mass is 541 g/mol. The quantitative estimate of drug-likeness (QED) is 0.385. The molecule has 0 spiro atoms. The predicted octanol–water partition coefficient (Wildman–Crippen LogP) is 3.52. The van der Waals surface area contributed by atoms with Crippen molar-refractivity contribution in [1.82, 2.24) is 29.4 Å². The van der Waals surface area contributed by atoms with E-state index in [2.05, 4.69) is 20.1 Å². The molecule has 0 radical (unpaired) electrons. The number of rotatable bonds is 7. The van der Waals surface area contributed by atoms with Gasteiger partial charge in [0.25, 0.3) is 5.91 Å². The lowest BCUT2D eigenvalue weighted by molar-refractivity contribution is -0.0369. The molecule has 1 amide bonds. The van der Waals surface area contributed by atoms with Crippen molar-refractivity contribution in [3.05, 3.63) is 95.3 Å². The summed E-state index contributed by atoms with van der Waals surface area (Å²) in [7, 11) is 0. The van der Waals surface area contributed by atoms with Crippen molar-refractivity contribution < 1.29 is 18.7 Å². The summed E-state index contributed by atoms with van der Waals surface area (Å²) in [4.78, 5) is 21.1. The van der Waals surface area contributed by atoms with Gasteiger partial charge in [0.05, 0.1) is 24.3 Å². The molecule has 1 aliphatic rings. The van der Waals surface area contributed by atoms with E-state index in [1.165, 1.54) is 40.5 Å². The molecule has 198 valence electrons. The number of nitrogens with zero attached hydrogens (tertiary/aromatic N) is 7. The van der Waals surface area contributed by atoms with Crippen LogP contribution >= 0.6 is 11.6 Å².